The summed E-state index contributed by atoms with van der Waals surface area (Å²) in [6.45, 7) is 4.95. The molecular weight excluding hydrogens is 200 g/mol. The second-order valence-corrected chi connectivity index (χ2v) is 6.17. The van der Waals surface area contributed by atoms with Gasteiger partial charge in [-0.15, -0.1) is 0 Å². The summed E-state index contributed by atoms with van der Waals surface area (Å²) < 4.78 is 0. The Morgan fingerprint density at radius 2 is 1.88 bits per heavy atom. The van der Waals surface area contributed by atoms with Crippen LogP contribution in [0, 0.1) is 11.3 Å². The maximum Gasteiger partial charge on any atom is 0.236 e. The van der Waals surface area contributed by atoms with Crippen LogP contribution in [-0.2, 0) is 4.79 Å². The zero-order valence-electron chi connectivity index (χ0n) is 10.8. The smallest absolute Gasteiger partial charge is 0.236 e. The van der Waals surface area contributed by atoms with E-state index in [0.717, 1.165) is 19.0 Å². The van der Waals surface area contributed by atoms with Gasteiger partial charge in [-0.3, -0.25) is 4.79 Å². The highest BCUT2D eigenvalue weighted by atomic mass is 16.2. The van der Waals surface area contributed by atoms with Crippen molar-refractivity contribution >= 4 is 5.91 Å². The third kappa shape index (κ3) is 2.40. The van der Waals surface area contributed by atoms with Gasteiger partial charge < -0.3 is 9.80 Å². The molecule has 1 amide bonds. The van der Waals surface area contributed by atoms with Crippen molar-refractivity contribution < 1.29 is 4.79 Å². The van der Waals surface area contributed by atoms with Gasteiger partial charge in [0.1, 0.15) is 0 Å². The zero-order chi connectivity index (χ0) is 11.8. The largest absolute Gasteiger partial charge is 0.340 e. The summed E-state index contributed by atoms with van der Waals surface area (Å²) in [6.07, 6.45) is 5.38. The minimum absolute atomic E-state index is 0.300. The Labute approximate surface area is 98.8 Å². The van der Waals surface area contributed by atoms with Gasteiger partial charge in [0.25, 0.3) is 0 Å². The molecule has 1 heterocycles. The van der Waals surface area contributed by atoms with Crippen molar-refractivity contribution in [2.24, 2.45) is 11.3 Å². The minimum Gasteiger partial charge on any atom is -0.340 e. The number of likely N-dealkylation sites (N-methyl/N-ethyl adjacent to an activating group) is 1. The molecule has 0 unspecified atom stereocenters. The normalized spacial score (nSPS) is 24.9. The van der Waals surface area contributed by atoms with Crippen molar-refractivity contribution in [2.45, 2.75) is 32.6 Å². The first-order chi connectivity index (χ1) is 7.51. The Hall–Kier alpha value is -0.570. The number of hydrogen-bond donors (Lipinski definition) is 0. The highest BCUT2D eigenvalue weighted by molar-refractivity contribution is 5.79. The monoisotopic (exact) mass is 224 g/mol. The summed E-state index contributed by atoms with van der Waals surface area (Å²) in [5.74, 6) is 1.20. The van der Waals surface area contributed by atoms with Crippen molar-refractivity contribution in [3.8, 4) is 0 Å². The fourth-order valence-electron chi connectivity index (χ4n) is 3.00. The number of amides is 1. The van der Waals surface area contributed by atoms with E-state index >= 15 is 0 Å². The van der Waals surface area contributed by atoms with Crippen molar-refractivity contribution in [3.63, 3.8) is 0 Å². The molecule has 0 aromatic heterocycles. The Morgan fingerprint density at radius 3 is 2.38 bits per heavy atom. The molecule has 3 nitrogen and oxygen atoms in total. The van der Waals surface area contributed by atoms with E-state index in [0.29, 0.717) is 17.9 Å². The Morgan fingerprint density at radius 1 is 1.31 bits per heavy atom. The molecule has 0 bridgehead atoms. The summed E-state index contributed by atoms with van der Waals surface area (Å²) in [5, 5.41) is 0. The van der Waals surface area contributed by atoms with Crippen LogP contribution in [-0.4, -0.2) is 49.4 Å². The molecule has 1 saturated heterocycles. The molecule has 1 spiro atoms. The van der Waals surface area contributed by atoms with Gasteiger partial charge in [0.15, 0.2) is 0 Å². The van der Waals surface area contributed by atoms with Crippen LogP contribution in [0.15, 0.2) is 0 Å². The summed E-state index contributed by atoms with van der Waals surface area (Å²) in [6, 6.07) is 0. The molecular formula is C13H24N2O. The number of likely N-dealkylation sites (tertiary alicyclic amines) is 1. The standard InChI is InChI=1S/C13H24N2O/c1-11-4-6-13(7-5-11)9-15(10-13)12(16)8-14(2)3/h11H,4-10H2,1-3H3. The first-order valence-corrected chi connectivity index (χ1v) is 6.43. The highest BCUT2D eigenvalue weighted by Gasteiger charge is 2.45. The zero-order valence-corrected chi connectivity index (χ0v) is 10.8. The van der Waals surface area contributed by atoms with Crippen molar-refractivity contribution in [1.82, 2.24) is 9.80 Å². The number of carbonyl (C=O) groups excluding carboxylic acids is 1. The fraction of sp³-hybridized carbons (Fsp3) is 0.923. The number of hydrogen-bond acceptors (Lipinski definition) is 2. The van der Waals surface area contributed by atoms with Crippen LogP contribution in [0.2, 0.25) is 0 Å². The maximum absolute atomic E-state index is 11.8. The summed E-state index contributed by atoms with van der Waals surface area (Å²) in [5.41, 5.74) is 0.508. The lowest BCUT2D eigenvalue weighted by Gasteiger charge is -2.53. The molecule has 0 N–H and O–H groups in total. The molecule has 0 atom stereocenters. The van der Waals surface area contributed by atoms with Crippen molar-refractivity contribution in [2.75, 3.05) is 33.7 Å². The average molecular weight is 224 g/mol. The molecule has 2 rings (SSSR count). The minimum atomic E-state index is 0.300. The van der Waals surface area contributed by atoms with Crippen molar-refractivity contribution in [1.29, 1.82) is 0 Å². The topological polar surface area (TPSA) is 23.6 Å². The van der Waals surface area contributed by atoms with E-state index in [9.17, 15) is 4.79 Å². The van der Waals surface area contributed by atoms with Crippen LogP contribution >= 0.6 is 0 Å². The third-order valence-corrected chi connectivity index (χ3v) is 4.19. The van der Waals surface area contributed by atoms with Gasteiger partial charge in [-0.2, -0.15) is 0 Å². The van der Waals surface area contributed by atoms with E-state index in [1.165, 1.54) is 25.7 Å². The molecule has 1 aliphatic heterocycles. The van der Waals surface area contributed by atoms with E-state index in [1.807, 2.05) is 23.9 Å². The second-order valence-electron chi connectivity index (χ2n) is 6.17. The lowest BCUT2D eigenvalue weighted by atomic mass is 9.66. The third-order valence-electron chi connectivity index (χ3n) is 4.19. The van der Waals surface area contributed by atoms with Crippen LogP contribution in [0.25, 0.3) is 0 Å². The lowest BCUT2D eigenvalue weighted by molar-refractivity contribution is -0.146. The number of carbonyl (C=O) groups is 1. The molecule has 2 aliphatic rings. The predicted octanol–water partition coefficient (Wildman–Crippen LogP) is 1.59. The number of nitrogens with zero attached hydrogens (tertiary/aromatic N) is 2. The number of rotatable bonds is 2. The van der Waals surface area contributed by atoms with Crippen LogP contribution < -0.4 is 0 Å². The van der Waals surface area contributed by atoms with Crippen molar-refractivity contribution in [3.05, 3.63) is 0 Å². The van der Waals surface area contributed by atoms with E-state index < -0.39 is 0 Å². The quantitative estimate of drug-likeness (QED) is 0.711. The van der Waals surface area contributed by atoms with Crippen LogP contribution in [0.4, 0.5) is 0 Å². The van der Waals surface area contributed by atoms with Crippen LogP contribution in [0.1, 0.15) is 32.6 Å². The molecule has 3 heteroatoms. The SMILES string of the molecule is CC1CCC2(CC1)CN(C(=O)CN(C)C)C2. The predicted molar refractivity (Wildman–Crippen MR) is 65.2 cm³/mol. The summed E-state index contributed by atoms with van der Waals surface area (Å²) >= 11 is 0. The van der Waals surface area contributed by atoms with Crippen LogP contribution in [0.5, 0.6) is 0 Å². The Balaban J connectivity index is 1.78. The van der Waals surface area contributed by atoms with E-state index in [1.54, 1.807) is 0 Å². The van der Waals surface area contributed by atoms with Gasteiger partial charge >= 0.3 is 0 Å². The van der Waals surface area contributed by atoms with E-state index in [-0.39, 0.29) is 0 Å². The highest BCUT2D eigenvalue weighted by Crippen LogP contribution is 2.45. The molecule has 0 aromatic rings. The Kier molecular flexibility index (Phi) is 3.24. The maximum atomic E-state index is 11.8. The first-order valence-electron chi connectivity index (χ1n) is 6.43. The Bertz CT molecular complexity index is 259. The molecule has 1 aliphatic carbocycles. The van der Waals surface area contributed by atoms with Gasteiger partial charge in [-0.25, -0.2) is 0 Å². The lowest BCUT2D eigenvalue weighted by Crippen LogP contribution is -2.60. The summed E-state index contributed by atoms with van der Waals surface area (Å²) in [4.78, 5) is 15.8. The second kappa shape index (κ2) is 4.36. The molecule has 16 heavy (non-hydrogen) atoms. The average Bonchev–Trinajstić information content (AvgIpc) is 2.14. The summed E-state index contributed by atoms with van der Waals surface area (Å²) in [7, 11) is 3.91. The molecule has 0 aromatic carbocycles. The fourth-order valence-corrected chi connectivity index (χ4v) is 3.00. The van der Waals surface area contributed by atoms with E-state index in [2.05, 4.69) is 6.92 Å². The molecule has 2 fully saturated rings. The van der Waals surface area contributed by atoms with Gasteiger partial charge in [0.05, 0.1) is 6.54 Å². The van der Waals surface area contributed by atoms with Gasteiger partial charge in [-0.1, -0.05) is 19.8 Å². The van der Waals surface area contributed by atoms with Crippen LogP contribution in [0.3, 0.4) is 0 Å². The van der Waals surface area contributed by atoms with Gasteiger partial charge in [-0.05, 0) is 32.9 Å². The first kappa shape index (κ1) is 11.9. The molecule has 92 valence electrons. The van der Waals surface area contributed by atoms with Gasteiger partial charge in [0.2, 0.25) is 5.91 Å². The molecule has 0 radical (unpaired) electrons. The van der Waals surface area contributed by atoms with E-state index in [4.69, 9.17) is 0 Å². The molecule has 1 saturated carbocycles. The van der Waals surface area contributed by atoms with Gasteiger partial charge in [0, 0.05) is 18.5 Å².